The SMILES string of the molecule is Clc1cc2nc(CC3CCC3)[nH]c2cc1Cl. The predicted molar refractivity (Wildman–Crippen MR) is 67.2 cm³/mol. The summed E-state index contributed by atoms with van der Waals surface area (Å²) in [7, 11) is 0. The van der Waals surface area contributed by atoms with Crippen LogP contribution in [-0.4, -0.2) is 9.97 Å². The molecule has 3 rings (SSSR count). The van der Waals surface area contributed by atoms with E-state index in [1.165, 1.54) is 19.3 Å². The molecule has 2 aromatic rings. The molecule has 1 fully saturated rings. The van der Waals surface area contributed by atoms with Gasteiger partial charge in [0.15, 0.2) is 0 Å². The number of aromatic nitrogens is 2. The van der Waals surface area contributed by atoms with Crippen molar-refractivity contribution in [2.45, 2.75) is 25.7 Å². The standard InChI is InChI=1S/C12H12Cl2N2/c13-8-5-10-11(6-9(8)14)16-12(15-10)4-7-2-1-3-7/h5-7H,1-4H2,(H,15,16). The van der Waals surface area contributed by atoms with Crippen LogP contribution in [0.1, 0.15) is 25.1 Å². The van der Waals surface area contributed by atoms with Gasteiger partial charge in [0.25, 0.3) is 0 Å². The fraction of sp³-hybridized carbons (Fsp3) is 0.417. The third kappa shape index (κ3) is 1.80. The van der Waals surface area contributed by atoms with Gasteiger partial charge in [-0.1, -0.05) is 42.5 Å². The number of fused-ring (bicyclic) bond motifs is 1. The number of nitrogens with one attached hydrogen (secondary N) is 1. The number of rotatable bonds is 2. The first-order valence-electron chi connectivity index (χ1n) is 5.56. The summed E-state index contributed by atoms with van der Waals surface area (Å²) in [6, 6.07) is 3.66. The molecule has 0 spiro atoms. The molecule has 84 valence electrons. The molecule has 0 saturated heterocycles. The van der Waals surface area contributed by atoms with Gasteiger partial charge in [0.05, 0.1) is 21.1 Å². The van der Waals surface area contributed by atoms with Crippen molar-refractivity contribution >= 4 is 34.2 Å². The first-order chi connectivity index (χ1) is 7.72. The van der Waals surface area contributed by atoms with E-state index in [0.29, 0.717) is 10.0 Å². The Bertz CT molecular complexity index is 490. The van der Waals surface area contributed by atoms with Gasteiger partial charge in [0.2, 0.25) is 0 Å². The second kappa shape index (κ2) is 3.94. The van der Waals surface area contributed by atoms with Crippen molar-refractivity contribution in [3.63, 3.8) is 0 Å². The minimum Gasteiger partial charge on any atom is -0.342 e. The van der Waals surface area contributed by atoms with E-state index >= 15 is 0 Å². The van der Waals surface area contributed by atoms with Gasteiger partial charge in [-0.3, -0.25) is 0 Å². The third-order valence-corrected chi connectivity index (χ3v) is 4.00. The van der Waals surface area contributed by atoms with Gasteiger partial charge in [0.1, 0.15) is 5.82 Å². The van der Waals surface area contributed by atoms with Crippen LogP contribution in [-0.2, 0) is 6.42 Å². The molecular formula is C12H12Cl2N2. The Balaban J connectivity index is 1.95. The fourth-order valence-corrected chi connectivity index (χ4v) is 2.45. The summed E-state index contributed by atoms with van der Waals surface area (Å²) < 4.78 is 0. The van der Waals surface area contributed by atoms with Crippen LogP contribution in [0.4, 0.5) is 0 Å². The van der Waals surface area contributed by atoms with E-state index in [-0.39, 0.29) is 0 Å². The van der Waals surface area contributed by atoms with E-state index in [9.17, 15) is 0 Å². The Morgan fingerprint density at radius 2 is 2.00 bits per heavy atom. The summed E-state index contributed by atoms with van der Waals surface area (Å²) in [6.45, 7) is 0. The number of nitrogens with zero attached hydrogens (tertiary/aromatic N) is 1. The molecular weight excluding hydrogens is 243 g/mol. The lowest BCUT2D eigenvalue weighted by Crippen LogP contribution is -2.14. The Kier molecular flexibility index (Phi) is 2.56. The molecule has 1 heterocycles. The number of hydrogen-bond acceptors (Lipinski definition) is 1. The maximum Gasteiger partial charge on any atom is 0.107 e. The highest BCUT2D eigenvalue weighted by Gasteiger charge is 2.19. The highest BCUT2D eigenvalue weighted by molar-refractivity contribution is 6.42. The van der Waals surface area contributed by atoms with Gasteiger partial charge in [-0.25, -0.2) is 4.98 Å². The van der Waals surface area contributed by atoms with Crippen LogP contribution in [0.2, 0.25) is 10.0 Å². The van der Waals surface area contributed by atoms with Crippen molar-refractivity contribution in [1.29, 1.82) is 0 Å². The Morgan fingerprint density at radius 1 is 1.25 bits per heavy atom. The molecule has 16 heavy (non-hydrogen) atoms. The van der Waals surface area contributed by atoms with Crippen molar-refractivity contribution in [2.24, 2.45) is 5.92 Å². The summed E-state index contributed by atoms with van der Waals surface area (Å²) in [6.07, 6.45) is 5.07. The second-order valence-electron chi connectivity index (χ2n) is 4.47. The molecule has 0 radical (unpaired) electrons. The van der Waals surface area contributed by atoms with Crippen LogP contribution < -0.4 is 0 Å². The van der Waals surface area contributed by atoms with E-state index in [4.69, 9.17) is 23.2 Å². The van der Waals surface area contributed by atoms with Crippen LogP contribution in [0.3, 0.4) is 0 Å². The average Bonchev–Trinajstić information content (AvgIpc) is 2.54. The molecule has 1 N–H and O–H groups in total. The lowest BCUT2D eigenvalue weighted by Gasteiger charge is -2.23. The molecule has 1 aliphatic rings. The maximum absolute atomic E-state index is 5.96. The lowest BCUT2D eigenvalue weighted by molar-refractivity contribution is 0.310. The van der Waals surface area contributed by atoms with Gasteiger partial charge in [-0.15, -0.1) is 0 Å². The Labute approximate surface area is 104 Å². The highest BCUT2D eigenvalue weighted by atomic mass is 35.5. The monoisotopic (exact) mass is 254 g/mol. The number of halogens is 2. The minimum atomic E-state index is 0.566. The molecule has 0 atom stereocenters. The summed E-state index contributed by atoms with van der Waals surface area (Å²) in [5.41, 5.74) is 1.88. The molecule has 1 aromatic heterocycles. The van der Waals surface area contributed by atoms with Crippen molar-refractivity contribution < 1.29 is 0 Å². The van der Waals surface area contributed by atoms with Gasteiger partial charge in [-0.05, 0) is 18.1 Å². The maximum atomic E-state index is 5.96. The highest BCUT2D eigenvalue weighted by Crippen LogP contribution is 2.31. The Hall–Kier alpha value is -0.730. The molecule has 0 unspecified atom stereocenters. The lowest BCUT2D eigenvalue weighted by atomic mass is 9.83. The van der Waals surface area contributed by atoms with Gasteiger partial charge in [0, 0.05) is 6.42 Å². The number of benzene rings is 1. The van der Waals surface area contributed by atoms with Crippen LogP contribution >= 0.6 is 23.2 Å². The third-order valence-electron chi connectivity index (χ3n) is 3.28. The Morgan fingerprint density at radius 3 is 2.69 bits per heavy atom. The summed E-state index contributed by atoms with van der Waals surface area (Å²) in [5, 5.41) is 1.14. The number of imidazole rings is 1. The largest absolute Gasteiger partial charge is 0.342 e. The minimum absolute atomic E-state index is 0.566. The molecule has 1 aromatic carbocycles. The summed E-state index contributed by atoms with van der Waals surface area (Å²) in [5.74, 6) is 1.87. The van der Waals surface area contributed by atoms with Crippen LogP contribution in [0.25, 0.3) is 11.0 Å². The van der Waals surface area contributed by atoms with Crippen molar-refractivity contribution in [2.75, 3.05) is 0 Å². The molecule has 0 amide bonds. The molecule has 2 nitrogen and oxygen atoms in total. The normalized spacial score (nSPS) is 16.6. The molecule has 1 aliphatic carbocycles. The second-order valence-corrected chi connectivity index (χ2v) is 5.28. The summed E-state index contributed by atoms with van der Waals surface area (Å²) >= 11 is 11.9. The zero-order valence-electron chi connectivity index (χ0n) is 8.76. The molecule has 0 aliphatic heterocycles. The van der Waals surface area contributed by atoms with Crippen molar-refractivity contribution in [3.05, 3.63) is 28.0 Å². The first-order valence-corrected chi connectivity index (χ1v) is 6.31. The van der Waals surface area contributed by atoms with E-state index in [1.807, 2.05) is 12.1 Å². The fourth-order valence-electron chi connectivity index (χ4n) is 2.12. The summed E-state index contributed by atoms with van der Waals surface area (Å²) in [4.78, 5) is 7.85. The van der Waals surface area contributed by atoms with Crippen LogP contribution in [0.5, 0.6) is 0 Å². The number of aromatic amines is 1. The topological polar surface area (TPSA) is 28.7 Å². The van der Waals surface area contributed by atoms with Crippen LogP contribution in [0.15, 0.2) is 12.1 Å². The zero-order chi connectivity index (χ0) is 11.1. The molecule has 4 heteroatoms. The van der Waals surface area contributed by atoms with E-state index in [2.05, 4.69) is 9.97 Å². The van der Waals surface area contributed by atoms with E-state index < -0.39 is 0 Å². The van der Waals surface area contributed by atoms with Gasteiger partial charge < -0.3 is 4.98 Å². The number of hydrogen-bond donors (Lipinski definition) is 1. The van der Waals surface area contributed by atoms with Gasteiger partial charge in [-0.2, -0.15) is 0 Å². The first kappa shape index (κ1) is 10.4. The quantitative estimate of drug-likeness (QED) is 0.855. The van der Waals surface area contributed by atoms with Crippen molar-refractivity contribution in [1.82, 2.24) is 9.97 Å². The smallest absolute Gasteiger partial charge is 0.107 e. The van der Waals surface area contributed by atoms with E-state index in [0.717, 1.165) is 29.2 Å². The van der Waals surface area contributed by atoms with E-state index in [1.54, 1.807) is 0 Å². The van der Waals surface area contributed by atoms with Crippen molar-refractivity contribution in [3.8, 4) is 0 Å². The average molecular weight is 255 g/mol. The van der Waals surface area contributed by atoms with Crippen LogP contribution in [0, 0.1) is 5.92 Å². The zero-order valence-corrected chi connectivity index (χ0v) is 10.3. The number of H-pyrrole nitrogens is 1. The van der Waals surface area contributed by atoms with Gasteiger partial charge >= 0.3 is 0 Å². The molecule has 0 bridgehead atoms. The molecule has 1 saturated carbocycles. The predicted octanol–water partition coefficient (Wildman–Crippen LogP) is 4.21.